The van der Waals surface area contributed by atoms with Gasteiger partial charge in [-0.25, -0.2) is 9.97 Å². The number of aromatic nitrogens is 3. The number of carbonyl (C=O) groups is 1. The monoisotopic (exact) mass is 310 g/mol. The number of amides is 1. The van der Waals surface area contributed by atoms with Crippen LogP contribution in [-0.4, -0.2) is 33.4 Å². The van der Waals surface area contributed by atoms with Crippen molar-refractivity contribution in [2.45, 2.75) is 13.0 Å². The van der Waals surface area contributed by atoms with E-state index in [9.17, 15) is 4.79 Å². The smallest absolute Gasteiger partial charge is 0.269 e. The predicted octanol–water partition coefficient (Wildman–Crippen LogP) is 1.48. The molecule has 0 radical (unpaired) electrons. The maximum atomic E-state index is 11.7. The second-order valence-corrected chi connectivity index (χ2v) is 5.45. The molecular weight excluding hydrogens is 292 g/mol. The van der Waals surface area contributed by atoms with Gasteiger partial charge in [-0.05, 0) is 19.1 Å². The van der Waals surface area contributed by atoms with Crippen molar-refractivity contribution in [3.05, 3.63) is 42.2 Å². The van der Waals surface area contributed by atoms with E-state index in [0.29, 0.717) is 23.8 Å². The Morgan fingerprint density at radius 1 is 1.39 bits per heavy atom. The molecule has 7 nitrogen and oxygen atoms in total. The van der Waals surface area contributed by atoms with E-state index in [4.69, 9.17) is 11.5 Å². The van der Waals surface area contributed by atoms with Gasteiger partial charge in [-0.1, -0.05) is 18.2 Å². The molecule has 1 amide bonds. The number of nitrogens with zero attached hydrogens (tertiary/aromatic N) is 2. The van der Waals surface area contributed by atoms with Crippen LogP contribution in [0.5, 0.6) is 0 Å². The lowest BCUT2D eigenvalue weighted by atomic mass is 10.2. The largest absolute Gasteiger partial charge is 0.367 e. The number of carbonyl (C=O) groups excluding carboxylic acids is 1. The van der Waals surface area contributed by atoms with Crippen molar-refractivity contribution in [2.75, 3.05) is 11.9 Å². The maximum absolute atomic E-state index is 11.7. The lowest BCUT2D eigenvalue weighted by Crippen LogP contribution is -2.26. The molecule has 0 aliphatic rings. The molecular formula is C16H18N6O. The third-order valence-electron chi connectivity index (χ3n) is 3.40. The summed E-state index contributed by atoms with van der Waals surface area (Å²) in [5, 5.41) is 4.11. The van der Waals surface area contributed by atoms with Crippen molar-refractivity contribution in [3.63, 3.8) is 0 Å². The predicted molar refractivity (Wildman–Crippen MR) is 90.0 cm³/mol. The summed E-state index contributed by atoms with van der Waals surface area (Å²) in [6.07, 6.45) is 1.48. The van der Waals surface area contributed by atoms with Gasteiger partial charge in [0.25, 0.3) is 5.91 Å². The first-order chi connectivity index (χ1) is 11.0. The van der Waals surface area contributed by atoms with E-state index in [-0.39, 0.29) is 11.7 Å². The van der Waals surface area contributed by atoms with Crippen molar-refractivity contribution in [3.8, 4) is 11.4 Å². The molecule has 2 heterocycles. The number of aromatic amines is 1. The van der Waals surface area contributed by atoms with E-state index in [1.807, 2.05) is 37.3 Å². The van der Waals surface area contributed by atoms with Gasteiger partial charge in [0.2, 0.25) is 0 Å². The molecule has 6 N–H and O–H groups in total. The highest BCUT2D eigenvalue weighted by Crippen LogP contribution is 2.25. The Kier molecular flexibility index (Phi) is 3.94. The fourth-order valence-corrected chi connectivity index (χ4v) is 2.31. The van der Waals surface area contributed by atoms with E-state index in [1.54, 1.807) is 0 Å². The van der Waals surface area contributed by atoms with Crippen LogP contribution >= 0.6 is 0 Å². The fraction of sp³-hybridized carbons (Fsp3) is 0.188. The van der Waals surface area contributed by atoms with Crippen LogP contribution in [0.3, 0.4) is 0 Å². The average Bonchev–Trinajstić information content (AvgIpc) is 2.96. The number of benzene rings is 1. The molecule has 0 saturated heterocycles. The van der Waals surface area contributed by atoms with Crippen LogP contribution in [0.15, 0.2) is 36.5 Å². The summed E-state index contributed by atoms with van der Waals surface area (Å²) in [6.45, 7) is 2.44. The number of nitrogens with two attached hydrogens (primary N) is 2. The Balaban J connectivity index is 2.06. The first-order valence-electron chi connectivity index (χ1n) is 7.29. The SMILES string of the molecule is C[C@H](N)CNc1cnc(C(N)=O)c(-c2cc3ccccc3[nH]2)n1. The summed E-state index contributed by atoms with van der Waals surface area (Å²) in [4.78, 5) is 23.5. The number of nitrogens with one attached hydrogen (secondary N) is 2. The molecule has 0 unspecified atom stereocenters. The molecule has 0 bridgehead atoms. The van der Waals surface area contributed by atoms with Gasteiger partial charge in [0.05, 0.1) is 11.9 Å². The van der Waals surface area contributed by atoms with Gasteiger partial charge in [-0.2, -0.15) is 0 Å². The molecule has 0 fully saturated rings. The molecule has 0 aliphatic carbocycles. The Labute approximate surface area is 133 Å². The Hall–Kier alpha value is -2.93. The molecule has 2 aromatic heterocycles. The lowest BCUT2D eigenvalue weighted by molar-refractivity contribution is 0.0996. The second kappa shape index (κ2) is 6.05. The number of para-hydroxylation sites is 1. The summed E-state index contributed by atoms with van der Waals surface area (Å²) in [5.41, 5.74) is 13.3. The van der Waals surface area contributed by atoms with Gasteiger partial charge in [-0.15, -0.1) is 0 Å². The molecule has 23 heavy (non-hydrogen) atoms. The standard InChI is InChI=1S/C16H18N6O/c1-9(17)7-19-13-8-20-15(16(18)23)14(22-13)12-6-10-4-2-3-5-11(10)21-12/h2-6,8-9,21H,7,17H2,1H3,(H2,18,23)(H,19,22)/t9-/m0/s1. The van der Waals surface area contributed by atoms with Gasteiger partial charge in [0.1, 0.15) is 11.5 Å². The quantitative estimate of drug-likeness (QED) is 0.568. The third-order valence-corrected chi connectivity index (χ3v) is 3.40. The molecule has 3 aromatic rings. The van der Waals surface area contributed by atoms with Gasteiger partial charge >= 0.3 is 0 Å². The van der Waals surface area contributed by atoms with Crippen molar-refractivity contribution < 1.29 is 4.79 Å². The van der Waals surface area contributed by atoms with E-state index in [1.165, 1.54) is 6.20 Å². The zero-order valence-corrected chi connectivity index (χ0v) is 12.7. The molecule has 0 spiro atoms. The normalized spacial score (nSPS) is 12.3. The van der Waals surface area contributed by atoms with Crippen molar-refractivity contribution in [2.24, 2.45) is 11.5 Å². The minimum absolute atomic E-state index is 0.0239. The number of primary amides is 1. The summed E-state index contributed by atoms with van der Waals surface area (Å²) in [5.74, 6) is -0.0779. The second-order valence-electron chi connectivity index (χ2n) is 5.45. The fourth-order valence-electron chi connectivity index (χ4n) is 2.31. The first kappa shape index (κ1) is 15.0. The molecule has 1 atom stereocenters. The van der Waals surface area contributed by atoms with Crippen LogP contribution in [0.25, 0.3) is 22.3 Å². The zero-order chi connectivity index (χ0) is 16.4. The molecule has 3 rings (SSSR count). The van der Waals surface area contributed by atoms with E-state index in [2.05, 4.69) is 20.3 Å². The number of hydrogen-bond acceptors (Lipinski definition) is 5. The zero-order valence-electron chi connectivity index (χ0n) is 12.7. The molecule has 0 aliphatic heterocycles. The van der Waals surface area contributed by atoms with E-state index < -0.39 is 5.91 Å². The highest BCUT2D eigenvalue weighted by Gasteiger charge is 2.16. The van der Waals surface area contributed by atoms with Crippen molar-refractivity contribution in [1.29, 1.82) is 0 Å². The van der Waals surface area contributed by atoms with Crippen molar-refractivity contribution >= 4 is 22.6 Å². The Morgan fingerprint density at radius 2 is 2.17 bits per heavy atom. The number of fused-ring (bicyclic) bond motifs is 1. The number of H-pyrrole nitrogens is 1. The number of hydrogen-bond donors (Lipinski definition) is 4. The number of rotatable bonds is 5. The van der Waals surface area contributed by atoms with Crippen LogP contribution in [0.2, 0.25) is 0 Å². The summed E-state index contributed by atoms with van der Waals surface area (Å²) < 4.78 is 0. The summed E-state index contributed by atoms with van der Waals surface area (Å²) in [7, 11) is 0. The molecule has 0 saturated carbocycles. The van der Waals surface area contributed by atoms with E-state index >= 15 is 0 Å². The average molecular weight is 310 g/mol. The highest BCUT2D eigenvalue weighted by molar-refractivity contribution is 5.98. The maximum Gasteiger partial charge on any atom is 0.269 e. The minimum atomic E-state index is -0.620. The van der Waals surface area contributed by atoms with E-state index in [0.717, 1.165) is 10.9 Å². The van der Waals surface area contributed by atoms with Gasteiger partial charge in [-0.3, -0.25) is 4.79 Å². The molecule has 7 heteroatoms. The van der Waals surface area contributed by atoms with Crippen molar-refractivity contribution in [1.82, 2.24) is 15.0 Å². The Bertz CT molecular complexity index is 822. The summed E-state index contributed by atoms with van der Waals surface area (Å²) >= 11 is 0. The molecule has 1 aromatic carbocycles. The first-order valence-corrected chi connectivity index (χ1v) is 7.29. The summed E-state index contributed by atoms with van der Waals surface area (Å²) in [6, 6.07) is 9.70. The van der Waals surface area contributed by atoms with Crippen LogP contribution in [0.4, 0.5) is 5.82 Å². The van der Waals surface area contributed by atoms with Crippen LogP contribution in [-0.2, 0) is 0 Å². The van der Waals surface area contributed by atoms with Gasteiger partial charge < -0.3 is 21.8 Å². The van der Waals surface area contributed by atoms with Gasteiger partial charge in [0.15, 0.2) is 5.69 Å². The number of anilines is 1. The minimum Gasteiger partial charge on any atom is -0.367 e. The molecule has 118 valence electrons. The highest BCUT2D eigenvalue weighted by atomic mass is 16.1. The third kappa shape index (κ3) is 3.14. The van der Waals surface area contributed by atoms with Gasteiger partial charge in [0, 0.05) is 23.5 Å². The van der Waals surface area contributed by atoms with Crippen LogP contribution in [0.1, 0.15) is 17.4 Å². The topological polar surface area (TPSA) is 123 Å². The van der Waals surface area contributed by atoms with Crippen LogP contribution in [0, 0.1) is 0 Å². The lowest BCUT2D eigenvalue weighted by Gasteiger charge is -2.10. The van der Waals surface area contributed by atoms with Crippen LogP contribution < -0.4 is 16.8 Å². The Morgan fingerprint density at radius 3 is 2.87 bits per heavy atom.